The summed E-state index contributed by atoms with van der Waals surface area (Å²) in [4.78, 5) is 9.38. The summed E-state index contributed by atoms with van der Waals surface area (Å²) in [6.07, 6.45) is 7.59. The van der Waals surface area contributed by atoms with Crippen molar-refractivity contribution in [2.24, 2.45) is 4.99 Å². The molecule has 0 radical (unpaired) electrons. The molecule has 0 spiro atoms. The molecule has 3 rings (SSSR count). The van der Waals surface area contributed by atoms with E-state index in [9.17, 15) is 4.39 Å². The van der Waals surface area contributed by atoms with Crippen molar-refractivity contribution in [1.29, 1.82) is 0 Å². The van der Waals surface area contributed by atoms with E-state index in [1.807, 2.05) is 13.2 Å². The molecule has 0 aliphatic carbocycles. The van der Waals surface area contributed by atoms with Gasteiger partial charge in [-0.1, -0.05) is 32.1 Å². The lowest BCUT2D eigenvalue weighted by atomic mass is 10.0. The van der Waals surface area contributed by atoms with Gasteiger partial charge in [-0.15, -0.1) is 0 Å². The molecule has 0 saturated heterocycles. The van der Waals surface area contributed by atoms with E-state index in [4.69, 9.17) is 4.99 Å². The first-order valence-electron chi connectivity index (χ1n) is 11.5. The first-order valence-corrected chi connectivity index (χ1v) is 11.5. The third kappa shape index (κ3) is 7.01. The summed E-state index contributed by atoms with van der Waals surface area (Å²) in [7, 11) is 1.93. The summed E-state index contributed by atoms with van der Waals surface area (Å²) in [5, 5.41) is 6.57. The second-order valence-electron chi connectivity index (χ2n) is 8.06. The number of hydrogen-bond acceptors (Lipinski definition) is 3. The number of aliphatic imine (C=N–C) groups is 1. The Hall–Kier alpha value is -3.47. The molecular weight excluding hydrogens is 411 g/mol. The molecule has 0 atom stereocenters. The molecule has 1 aromatic heterocycles. The van der Waals surface area contributed by atoms with Crippen LogP contribution in [-0.4, -0.2) is 17.9 Å². The number of nitrogens with zero attached hydrogens (tertiary/aromatic N) is 2. The van der Waals surface area contributed by atoms with Crippen LogP contribution in [-0.2, 0) is 6.42 Å². The van der Waals surface area contributed by atoms with E-state index in [0.29, 0.717) is 0 Å². The molecule has 5 heteroatoms. The van der Waals surface area contributed by atoms with Gasteiger partial charge in [-0.25, -0.2) is 9.38 Å². The minimum Gasteiger partial charge on any atom is -0.387 e. The summed E-state index contributed by atoms with van der Waals surface area (Å²) < 4.78 is 13.2. The highest BCUT2D eigenvalue weighted by Gasteiger charge is 2.07. The lowest BCUT2D eigenvalue weighted by molar-refractivity contribution is 0.628. The van der Waals surface area contributed by atoms with E-state index in [1.165, 1.54) is 23.3 Å². The van der Waals surface area contributed by atoms with E-state index < -0.39 is 0 Å². The topological polar surface area (TPSA) is 49.3 Å². The number of nitrogens with one attached hydrogen (secondary N) is 2. The van der Waals surface area contributed by atoms with Gasteiger partial charge < -0.3 is 10.6 Å². The van der Waals surface area contributed by atoms with Crippen molar-refractivity contribution < 1.29 is 4.39 Å². The quantitative estimate of drug-likeness (QED) is 0.275. The van der Waals surface area contributed by atoms with Crippen molar-refractivity contribution in [2.45, 2.75) is 46.5 Å². The zero-order valence-corrected chi connectivity index (χ0v) is 20.0. The van der Waals surface area contributed by atoms with Crippen molar-refractivity contribution in [2.75, 3.05) is 12.4 Å². The highest BCUT2D eigenvalue weighted by atomic mass is 19.1. The largest absolute Gasteiger partial charge is 0.387 e. The first-order chi connectivity index (χ1) is 16.0. The summed E-state index contributed by atoms with van der Waals surface area (Å²) >= 11 is 0. The minimum atomic E-state index is -0.245. The van der Waals surface area contributed by atoms with E-state index in [1.54, 1.807) is 12.1 Å². The minimum absolute atomic E-state index is 0.245. The highest BCUT2D eigenvalue weighted by Crippen LogP contribution is 2.23. The van der Waals surface area contributed by atoms with E-state index >= 15 is 0 Å². The number of anilines is 1. The predicted molar refractivity (Wildman–Crippen MR) is 138 cm³/mol. The zero-order chi connectivity index (χ0) is 23.6. The Morgan fingerprint density at radius 3 is 2.45 bits per heavy atom. The molecule has 33 heavy (non-hydrogen) atoms. The highest BCUT2D eigenvalue weighted by molar-refractivity contribution is 5.97. The van der Waals surface area contributed by atoms with Crippen molar-refractivity contribution in [3.05, 3.63) is 95.1 Å². The maximum atomic E-state index is 13.2. The number of pyridine rings is 1. The van der Waals surface area contributed by atoms with Gasteiger partial charge in [-0.3, -0.25) is 4.98 Å². The average Bonchev–Trinajstić information content (AvgIpc) is 2.81. The molecule has 0 amide bonds. The molecular formula is C28H33FN4. The predicted octanol–water partition coefficient (Wildman–Crippen LogP) is 7.03. The lowest BCUT2D eigenvalue weighted by Gasteiger charge is -2.12. The number of hydrogen-bond donors (Lipinski definition) is 2. The normalized spacial score (nSPS) is 12.0. The van der Waals surface area contributed by atoms with Gasteiger partial charge in [0.2, 0.25) is 0 Å². The second-order valence-corrected chi connectivity index (χ2v) is 8.06. The van der Waals surface area contributed by atoms with Crippen LogP contribution in [0.1, 0.15) is 55.5 Å². The molecule has 3 aromatic rings. The third-order valence-electron chi connectivity index (χ3n) is 5.32. The molecule has 0 bridgehead atoms. The van der Waals surface area contributed by atoms with Gasteiger partial charge >= 0.3 is 0 Å². The van der Waals surface area contributed by atoms with Crippen molar-refractivity contribution >= 4 is 22.9 Å². The van der Waals surface area contributed by atoms with E-state index in [-0.39, 0.29) is 5.82 Å². The third-order valence-corrected chi connectivity index (χ3v) is 5.32. The van der Waals surface area contributed by atoms with Crippen LogP contribution in [0.3, 0.4) is 0 Å². The Labute approximate surface area is 196 Å². The number of halogens is 1. The number of allylic oxidation sites excluding steroid dienone is 1. The Morgan fingerprint density at radius 1 is 1.03 bits per heavy atom. The van der Waals surface area contributed by atoms with Gasteiger partial charge in [0.05, 0.1) is 17.1 Å². The lowest BCUT2D eigenvalue weighted by Crippen LogP contribution is -2.11. The average molecular weight is 445 g/mol. The molecule has 0 aliphatic heterocycles. The number of aryl methyl sites for hydroxylation is 1. The summed E-state index contributed by atoms with van der Waals surface area (Å²) in [6.45, 7) is 6.33. The summed E-state index contributed by atoms with van der Waals surface area (Å²) in [6, 6.07) is 17.0. The van der Waals surface area contributed by atoms with Gasteiger partial charge in [0.1, 0.15) is 11.7 Å². The number of rotatable bonds is 9. The van der Waals surface area contributed by atoms with Crippen LogP contribution >= 0.6 is 0 Å². The molecule has 0 fully saturated rings. The Morgan fingerprint density at radius 2 is 1.79 bits per heavy atom. The maximum absolute atomic E-state index is 13.2. The number of amidine groups is 1. The molecule has 2 N–H and O–H groups in total. The standard InChI is InChI=1S/C28H33FN4/c1-5-7-26(30-4)27-19-22(15-16-31-27)18-21-9-14-25(20(3)17-21)33-28(8-6-2)32-24-12-10-23(29)11-13-24/h7,9-17,19,30H,5-6,8,18H2,1-4H3,(H,32,33)/b26-7+. The molecule has 172 valence electrons. The fourth-order valence-electron chi connectivity index (χ4n) is 3.69. The summed E-state index contributed by atoms with van der Waals surface area (Å²) in [5.74, 6) is 0.631. The van der Waals surface area contributed by atoms with Crippen LogP contribution < -0.4 is 10.6 Å². The Balaban J connectivity index is 1.78. The van der Waals surface area contributed by atoms with Crippen molar-refractivity contribution in [1.82, 2.24) is 10.3 Å². The van der Waals surface area contributed by atoms with Gasteiger partial charge in [-0.2, -0.15) is 0 Å². The molecule has 0 saturated carbocycles. The van der Waals surface area contributed by atoms with E-state index in [0.717, 1.165) is 59.8 Å². The Kier molecular flexibility index (Phi) is 8.76. The summed E-state index contributed by atoms with van der Waals surface area (Å²) in [5.41, 5.74) is 7.37. The molecule has 0 unspecified atom stereocenters. The molecule has 4 nitrogen and oxygen atoms in total. The second kappa shape index (κ2) is 12.0. The Bertz CT molecular complexity index is 1120. The van der Waals surface area contributed by atoms with Gasteiger partial charge in [0.15, 0.2) is 0 Å². The smallest absolute Gasteiger partial charge is 0.123 e. The van der Waals surface area contributed by atoms with Crippen LogP contribution in [0, 0.1) is 12.7 Å². The van der Waals surface area contributed by atoms with Crippen LogP contribution in [0.4, 0.5) is 15.8 Å². The van der Waals surface area contributed by atoms with Crippen LogP contribution in [0.25, 0.3) is 5.70 Å². The molecule has 0 aliphatic rings. The fourth-order valence-corrected chi connectivity index (χ4v) is 3.69. The van der Waals surface area contributed by atoms with Crippen LogP contribution in [0.2, 0.25) is 0 Å². The van der Waals surface area contributed by atoms with Gasteiger partial charge in [0, 0.05) is 25.4 Å². The van der Waals surface area contributed by atoms with Crippen molar-refractivity contribution in [3.63, 3.8) is 0 Å². The van der Waals surface area contributed by atoms with Gasteiger partial charge in [-0.05, 0) is 85.3 Å². The molecule has 2 aromatic carbocycles. The van der Waals surface area contributed by atoms with Crippen molar-refractivity contribution in [3.8, 4) is 0 Å². The SMILES string of the molecule is CC/C=C(/NC)c1cc(Cc2ccc(N=C(CCC)Nc3ccc(F)cc3)c(C)c2)ccn1. The fraction of sp³-hybridized carbons (Fsp3) is 0.286. The number of aromatic nitrogens is 1. The zero-order valence-electron chi connectivity index (χ0n) is 20.0. The molecule has 1 heterocycles. The maximum Gasteiger partial charge on any atom is 0.123 e. The number of benzene rings is 2. The van der Waals surface area contributed by atoms with Crippen LogP contribution in [0.5, 0.6) is 0 Å². The first kappa shape index (κ1) is 24.2. The van der Waals surface area contributed by atoms with Gasteiger partial charge in [0.25, 0.3) is 0 Å². The van der Waals surface area contributed by atoms with E-state index in [2.05, 4.69) is 72.8 Å². The van der Waals surface area contributed by atoms with Crippen LogP contribution in [0.15, 0.2) is 71.9 Å². The monoisotopic (exact) mass is 444 g/mol.